The Hall–Kier alpha value is -1.20. The maximum atomic E-state index is 10.2. The van der Waals surface area contributed by atoms with E-state index in [1.165, 1.54) is 12.4 Å². The quantitative estimate of drug-likeness (QED) is 0.207. The monoisotopic (exact) mass is 359 g/mol. The zero-order valence-electron chi connectivity index (χ0n) is 14.4. The van der Waals surface area contributed by atoms with E-state index in [2.05, 4.69) is 15.3 Å². The molecule has 7 N–H and O–H groups in total. The number of aromatic nitrogens is 2. The Morgan fingerprint density at radius 3 is 2.24 bits per heavy atom. The molecule has 144 valence electrons. The SMILES string of the molecule is CCCCN[C@H](CO)[C@H](O)Cc1cnc([C@@H](O)[C@H](O)[C@H](O)CO)cn1. The molecule has 0 bridgehead atoms. The number of unbranched alkanes of at least 4 members (excludes halogenated alkanes) is 1. The van der Waals surface area contributed by atoms with Crippen molar-refractivity contribution in [3.05, 3.63) is 23.8 Å². The zero-order valence-corrected chi connectivity index (χ0v) is 14.4. The molecule has 9 heteroatoms. The van der Waals surface area contributed by atoms with Gasteiger partial charge in [0.25, 0.3) is 0 Å². The third-order valence-corrected chi connectivity index (χ3v) is 3.95. The van der Waals surface area contributed by atoms with Crippen molar-refractivity contribution >= 4 is 0 Å². The molecule has 0 spiro atoms. The molecule has 0 aliphatic heterocycles. The Morgan fingerprint density at radius 1 is 1.00 bits per heavy atom. The first-order valence-corrected chi connectivity index (χ1v) is 8.42. The van der Waals surface area contributed by atoms with Gasteiger partial charge in [-0.25, -0.2) is 0 Å². The largest absolute Gasteiger partial charge is 0.395 e. The van der Waals surface area contributed by atoms with Crippen molar-refractivity contribution in [1.29, 1.82) is 0 Å². The highest BCUT2D eigenvalue weighted by atomic mass is 16.4. The van der Waals surface area contributed by atoms with Crippen LogP contribution in [0.1, 0.15) is 37.3 Å². The molecule has 0 unspecified atom stereocenters. The van der Waals surface area contributed by atoms with Crippen LogP contribution in [0, 0.1) is 0 Å². The summed E-state index contributed by atoms with van der Waals surface area (Å²) >= 11 is 0. The standard InChI is InChI=1S/C16H29N3O6/c1-2-3-4-17-12(8-20)13(22)5-10-6-19-11(7-18-10)15(24)16(25)14(23)9-21/h6-7,12-17,20-25H,2-5,8-9H2,1H3/t12-,13-,14-,15-,16-/m1/s1. The zero-order chi connectivity index (χ0) is 18.8. The summed E-state index contributed by atoms with van der Waals surface area (Å²) in [4.78, 5) is 8.04. The molecule has 0 fully saturated rings. The van der Waals surface area contributed by atoms with E-state index in [0.717, 1.165) is 12.8 Å². The third kappa shape index (κ3) is 6.90. The molecular formula is C16H29N3O6. The summed E-state index contributed by atoms with van der Waals surface area (Å²) in [5, 5.41) is 60.3. The van der Waals surface area contributed by atoms with Gasteiger partial charge in [0.05, 0.1) is 42.9 Å². The topological polar surface area (TPSA) is 159 Å². The number of rotatable bonds is 12. The number of aliphatic hydroxyl groups is 6. The van der Waals surface area contributed by atoms with Crippen molar-refractivity contribution in [2.24, 2.45) is 0 Å². The molecule has 0 aromatic carbocycles. The van der Waals surface area contributed by atoms with Crippen LogP contribution in [0.25, 0.3) is 0 Å². The Balaban J connectivity index is 2.63. The fourth-order valence-corrected chi connectivity index (χ4v) is 2.26. The number of aliphatic hydroxyl groups excluding tert-OH is 6. The van der Waals surface area contributed by atoms with Crippen molar-refractivity contribution in [1.82, 2.24) is 15.3 Å². The molecule has 1 aromatic rings. The summed E-state index contributed by atoms with van der Waals surface area (Å²) in [6.45, 7) is 1.85. The van der Waals surface area contributed by atoms with Crippen molar-refractivity contribution in [2.75, 3.05) is 19.8 Å². The van der Waals surface area contributed by atoms with Crippen LogP contribution >= 0.6 is 0 Å². The summed E-state index contributed by atoms with van der Waals surface area (Å²) < 4.78 is 0. The van der Waals surface area contributed by atoms with Gasteiger partial charge in [-0.2, -0.15) is 0 Å². The van der Waals surface area contributed by atoms with E-state index in [-0.39, 0.29) is 18.7 Å². The molecule has 0 saturated heterocycles. The Labute approximate surface area is 147 Å². The Kier molecular flexibility index (Phi) is 9.98. The number of nitrogens with zero attached hydrogens (tertiary/aromatic N) is 2. The molecule has 0 saturated carbocycles. The van der Waals surface area contributed by atoms with Crippen LogP contribution in [-0.4, -0.2) is 84.7 Å². The fourth-order valence-electron chi connectivity index (χ4n) is 2.26. The van der Waals surface area contributed by atoms with E-state index >= 15 is 0 Å². The van der Waals surface area contributed by atoms with Crippen LogP contribution < -0.4 is 5.32 Å². The average Bonchev–Trinajstić information content (AvgIpc) is 2.63. The second kappa shape index (κ2) is 11.4. The van der Waals surface area contributed by atoms with Crippen molar-refractivity contribution < 1.29 is 30.6 Å². The van der Waals surface area contributed by atoms with Crippen LogP contribution in [0.15, 0.2) is 12.4 Å². The fraction of sp³-hybridized carbons (Fsp3) is 0.750. The molecule has 1 aromatic heterocycles. The van der Waals surface area contributed by atoms with Crippen molar-refractivity contribution in [3.63, 3.8) is 0 Å². The molecular weight excluding hydrogens is 330 g/mol. The number of nitrogens with one attached hydrogen (secondary N) is 1. The van der Waals surface area contributed by atoms with E-state index in [0.29, 0.717) is 12.2 Å². The predicted molar refractivity (Wildman–Crippen MR) is 89.6 cm³/mol. The highest BCUT2D eigenvalue weighted by Gasteiger charge is 2.27. The second-order valence-electron chi connectivity index (χ2n) is 5.99. The van der Waals surface area contributed by atoms with Crippen LogP contribution in [-0.2, 0) is 6.42 Å². The minimum absolute atomic E-state index is 0.0398. The molecule has 0 aliphatic rings. The van der Waals surface area contributed by atoms with Gasteiger partial charge in [0.15, 0.2) is 0 Å². The average molecular weight is 359 g/mol. The van der Waals surface area contributed by atoms with Crippen LogP contribution in [0.2, 0.25) is 0 Å². The maximum Gasteiger partial charge on any atom is 0.126 e. The first kappa shape index (κ1) is 21.8. The van der Waals surface area contributed by atoms with Gasteiger partial charge in [-0.3, -0.25) is 9.97 Å². The lowest BCUT2D eigenvalue weighted by molar-refractivity contribution is -0.0790. The lowest BCUT2D eigenvalue weighted by Crippen LogP contribution is -2.44. The third-order valence-electron chi connectivity index (χ3n) is 3.95. The Morgan fingerprint density at radius 2 is 1.72 bits per heavy atom. The smallest absolute Gasteiger partial charge is 0.126 e. The molecule has 1 heterocycles. The minimum atomic E-state index is -1.59. The van der Waals surface area contributed by atoms with E-state index < -0.39 is 37.1 Å². The number of hydrogen-bond donors (Lipinski definition) is 7. The van der Waals surface area contributed by atoms with E-state index in [4.69, 9.17) is 5.11 Å². The van der Waals surface area contributed by atoms with Gasteiger partial charge in [0.1, 0.15) is 18.3 Å². The van der Waals surface area contributed by atoms with Gasteiger partial charge in [-0.15, -0.1) is 0 Å². The molecule has 1 rings (SSSR count). The molecule has 0 radical (unpaired) electrons. The second-order valence-corrected chi connectivity index (χ2v) is 5.99. The first-order valence-electron chi connectivity index (χ1n) is 8.42. The number of hydrogen-bond acceptors (Lipinski definition) is 9. The molecule has 5 atom stereocenters. The van der Waals surface area contributed by atoms with Crippen LogP contribution in [0.3, 0.4) is 0 Å². The predicted octanol–water partition coefficient (Wildman–Crippen LogP) is -2.12. The molecule has 9 nitrogen and oxygen atoms in total. The highest BCUT2D eigenvalue weighted by Crippen LogP contribution is 2.16. The van der Waals surface area contributed by atoms with Gasteiger partial charge in [0, 0.05) is 12.6 Å². The highest BCUT2D eigenvalue weighted by molar-refractivity contribution is 5.08. The normalized spacial score (nSPS) is 17.7. The summed E-state index contributed by atoms with van der Waals surface area (Å²) in [7, 11) is 0. The lowest BCUT2D eigenvalue weighted by Gasteiger charge is -2.22. The van der Waals surface area contributed by atoms with Gasteiger partial charge in [0.2, 0.25) is 0 Å². The van der Waals surface area contributed by atoms with Gasteiger partial charge >= 0.3 is 0 Å². The first-order chi connectivity index (χ1) is 11.9. The van der Waals surface area contributed by atoms with Gasteiger partial charge < -0.3 is 36.0 Å². The molecule has 0 amide bonds. The summed E-state index contributed by atoms with van der Waals surface area (Å²) in [6, 6.07) is -0.472. The van der Waals surface area contributed by atoms with Crippen LogP contribution in [0.5, 0.6) is 0 Å². The van der Waals surface area contributed by atoms with E-state index in [9.17, 15) is 25.5 Å². The summed E-state index contributed by atoms with van der Waals surface area (Å²) in [5.74, 6) is 0. The van der Waals surface area contributed by atoms with Crippen molar-refractivity contribution in [3.8, 4) is 0 Å². The van der Waals surface area contributed by atoms with E-state index in [1.54, 1.807) is 0 Å². The minimum Gasteiger partial charge on any atom is -0.395 e. The van der Waals surface area contributed by atoms with E-state index in [1.807, 2.05) is 6.92 Å². The maximum absolute atomic E-state index is 10.2. The van der Waals surface area contributed by atoms with Gasteiger partial charge in [-0.1, -0.05) is 13.3 Å². The summed E-state index contributed by atoms with van der Waals surface area (Å²) in [6.07, 6.45) is -0.724. The van der Waals surface area contributed by atoms with Crippen LogP contribution in [0.4, 0.5) is 0 Å². The Bertz CT molecular complexity index is 475. The molecule has 0 aliphatic carbocycles. The van der Waals surface area contributed by atoms with Crippen molar-refractivity contribution in [2.45, 2.75) is 56.6 Å². The summed E-state index contributed by atoms with van der Waals surface area (Å²) in [5.41, 5.74) is 0.495. The van der Waals surface area contributed by atoms with Gasteiger partial charge in [-0.05, 0) is 13.0 Å². The lowest BCUT2D eigenvalue weighted by atomic mass is 10.0. The molecule has 25 heavy (non-hydrogen) atoms.